The standard InChI is InChI=1S/C17H23N3O4/c1-11(2)10-12(16(22)23)18-15(21)8-9-20-14-7-5-4-6-13(14)19(3)17(20)24/h4-7,11-12H,8-10H2,1-3H3,(H,18,21)(H,22,23)/t12-/m0/s1. The van der Waals surface area contributed by atoms with Crippen molar-refractivity contribution in [3.05, 3.63) is 34.7 Å². The molecule has 0 aliphatic carbocycles. The van der Waals surface area contributed by atoms with Gasteiger partial charge in [-0.1, -0.05) is 26.0 Å². The highest BCUT2D eigenvalue weighted by Gasteiger charge is 2.21. The van der Waals surface area contributed by atoms with Crippen molar-refractivity contribution in [1.82, 2.24) is 14.5 Å². The van der Waals surface area contributed by atoms with Crippen LogP contribution < -0.4 is 11.0 Å². The lowest BCUT2D eigenvalue weighted by atomic mass is 10.0. The van der Waals surface area contributed by atoms with E-state index in [9.17, 15) is 19.5 Å². The molecule has 0 saturated carbocycles. The minimum absolute atomic E-state index is 0.0514. The molecule has 1 heterocycles. The van der Waals surface area contributed by atoms with E-state index in [2.05, 4.69) is 5.32 Å². The molecule has 24 heavy (non-hydrogen) atoms. The van der Waals surface area contributed by atoms with Crippen LogP contribution in [0.15, 0.2) is 29.1 Å². The Morgan fingerprint density at radius 1 is 1.21 bits per heavy atom. The first-order chi connectivity index (χ1) is 11.3. The maximum absolute atomic E-state index is 12.3. The van der Waals surface area contributed by atoms with Gasteiger partial charge in [-0.15, -0.1) is 0 Å². The van der Waals surface area contributed by atoms with E-state index >= 15 is 0 Å². The first-order valence-electron chi connectivity index (χ1n) is 7.97. The van der Waals surface area contributed by atoms with Crippen LogP contribution in [0.5, 0.6) is 0 Å². The topological polar surface area (TPSA) is 93.3 Å². The zero-order chi connectivity index (χ0) is 17.9. The number of benzene rings is 1. The van der Waals surface area contributed by atoms with Gasteiger partial charge in [0.25, 0.3) is 0 Å². The highest BCUT2D eigenvalue weighted by molar-refractivity contribution is 5.83. The molecular formula is C17H23N3O4. The lowest BCUT2D eigenvalue weighted by Gasteiger charge is -2.16. The van der Waals surface area contributed by atoms with Gasteiger partial charge in [-0.05, 0) is 24.5 Å². The molecule has 0 spiro atoms. The number of aromatic nitrogens is 2. The minimum atomic E-state index is -1.04. The molecule has 0 aliphatic heterocycles. The summed E-state index contributed by atoms with van der Waals surface area (Å²) in [5.41, 5.74) is 1.36. The van der Waals surface area contributed by atoms with Crippen LogP contribution in [0.25, 0.3) is 11.0 Å². The maximum atomic E-state index is 12.3. The number of carboxylic acid groups (broad SMARTS) is 1. The number of nitrogens with one attached hydrogen (secondary N) is 1. The van der Waals surface area contributed by atoms with Gasteiger partial charge in [0.1, 0.15) is 6.04 Å². The summed E-state index contributed by atoms with van der Waals surface area (Å²) in [5, 5.41) is 11.7. The zero-order valence-electron chi connectivity index (χ0n) is 14.2. The van der Waals surface area contributed by atoms with Crippen LogP contribution in [0.2, 0.25) is 0 Å². The van der Waals surface area contributed by atoms with Crippen molar-refractivity contribution in [2.75, 3.05) is 0 Å². The number of nitrogens with zero attached hydrogens (tertiary/aromatic N) is 2. The summed E-state index contributed by atoms with van der Waals surface area (Å²) in [6.07, 6.45) is 0.422. The monoisotopic (exact) mass is 333 g/mol. The van der Waals surface area contributed by atoms with Gasteiger partial charge in [-0.2, -0.15) is 0 Å². The van der Waals surface area contributed by atoms with Crippen molar-refractivity contribution in [3.63, 3.8) is 0 Å². The molecule has 0 bridgehead atoms. The minimum Gasteiger partial charge on any atom is -0.480 e. The molecule has 1 atom stereocenters. The van der Waals surface area contributed by atoms with Crippen LogP contribution in [-0.2, 0) is 23.2 Å². The molecule has 2 N–H and O–H groups in total. The number of carboxylic acids is 1. The zero-order valence-corrected chi connectivity index (χ0v) is 14.2. The van der Waals surface area contributed by atoms with Gasteiger partial charge in [-0.3, -0.25) is 13.9 Å². The normalized spacial score (nSPS) is 12.5. The second-order valence-corrected chi connectivity index (χ2v) is 6.32. The fourth-order valence-corrected chi connectivity index (χ4v) is 2.75. The van der Waals surface area contributed by atoms with Crippen LogP contribution in [-0.4, -0.2) is 32.2 Å². The number of carbonyl (C=O) groups is 2. The van der Waals surface area contributed by atoms with E-state index in [0.29, 0.717) is 6.42 Å². The molecule has 0 saturated heterocycles. The molecule has 0 unspecified atom stereocenters. The van der Waals surface area contributed by atoms with Crippen molar-refractivity contribution >= 4 is 22.9 Å². The molecule has 130 valence electrons. The first kappa shape index (κ1) is 17.8. The number of para-hydroxylation sites is 2. The Morgan fingerprint density at radius 2 is 1.83 bits per heavy atom. The van der Waals surface area contributed by atoms with E-state index in [1.165, 1.54) is 9.13 Å². The van der Waals surface area contributed by atoms with Gasteiger partial charge < -0.3 is 10.4 Å². The number of hydrogen-bond acceptors (Lipinski definition) is 3. The van der Waals surface area contributed by atoms with Gasteiger partial charge in [-0.25, -0.2) is 9.59 Å². The molecule has 1 aromatic heterocycles. The van der Waals surface area contributed by atoms with Crippen LogP contribution in [0.3, 0.4) is 0 Å². The van der Waals surface area contributed by atoms with Crippen LogP contribution in [0.1, 0.15) is 26.7 Å². The third-order valence-electron chi connectivity index (χ3n) is 3.95. The molecule has 1 amide bonds. The van der Waals surface area contributed by atoms with E-state index < -0.39 is 12.0 Å². The summed E-state index contributed by atoms with van der Waals surface area (Å²) < 4.78 is 3.07. The van der Waals surface area contributed by atoms with Crippen molar-refractivity contribution in [2.24, 2.45) is 13.0 Å². The Labute approximate surface area is 139 Å². The van der Waals surface area contributed by atoms with E-state index in [0.717, 1.165) is 11.0 Å². The first-order valence-corrected chi connectivity index (χ1v) is 7.97. The Balaban J connectivity index is 2.08. The SMILES string of the molecule is CC(C)C[C@H](NC(=O)CCn1c(=O)n(C)c2ccccc21)C(=O)O. The number of rotatable bonds is 7. The quantitative estimate of drug-likeness (QED) is 0.800. The second-order valence-electron chi connectivity index (χ2n) is 6.32. The van der Waals surface area contributed by atoms with E-state index in [4.69, 9.17) is 0 Å². The second kappa shape index (κ2) is 7.33. The summed E-state index contributed by atoms with van der Waals surface area (Å²) in [6.45, 7) is 4.01. The number of imidazole rings is 1. The van der Waals surface area contributed by atoms with E-state index in [1.807, 2.05) is 38.1 Å². The van der Waals surface area contributed by atoms with Crippen molar-refractivity contribution in [1.29, 1.82) is 0 Å². The summed E-state index contributed by atoms with van der Waals surface area (Å²) in [4.78, 5) is 35.6. The molecule has 2 rings (SSSR count). The number of carbonyl (C=O) groups excluding carboxylic acids is 1. The summed E-state index contributed by atoms with van der Waals surface area (Å²) in [7, 11) is 1.68. The van der Waals surface area contributed by atoms with Gasteiger partial charge in [0.15, 0.2) is 0 Å². The largest absolute Gasteiger partial charge is 0.480 e. The fraction of sp³-hybridized carbons (Fsp3) is 0.471. The maximum Gasteiger partial charge on any atom is 0.328 e. The lowest BCUT2D eigenvalue weighted by Crippen LogP contribution is -2.42. The molecule has 7 heteroatoms. The predicted molar refractivity (Wildman–Crippen MR) is 90.8 cm³/mol. The predicted octanol–water partition coefficient (Wildman–Crippen LogP) is 1.35. The van der Waals surface area contributed by atoms with Gasteiger partial charge in [0.05, 0.1) is 11.0 Å². The number of aliphatic carboxylic acids is 1. The Morgan fingerprint density at radius 3 is 2.42 bits per heavy atom. The van der Waals surface area contributed by atoms with Crippen LogP contribution in [0.4, 0.5) is 0 Å². The molecule has 0 fully saturated rings. The van der Waals surface area contributed by atoms with Gasteiger partial charge >= 0.3 is 11.7 Å². The highest BCUT2D eigenvalue weighted by atomic mass is 16.4. The molecule has 0 radical (unpaired) electrons. The average molecular weight is 333 g/mol. The summed E-state index contributed by atoms with van der Waals surface area (Å²) >= 11 is 0. The Kier molecular flexibility index (Phi) is 5.43. The summed E-state index contributed by atoms with van der Waals surface area (Å²) in [6, 6.07) is 6.45. The number of aryl methyl sites for hydroxylation is 2. The van der Waals surface area contributed by atoms with Crippen molar-refractivity contribution in [2.45, 2.75) is 39.3 Å². The van der Waals surface area contributed by atoms with Crippen LogP contribution >= 0.6 is 0 Å². The Hall–Kier alpha value is -2.57. The van der Waals surface area contributed by atoms with Gasteiger partial charge in [0, 0.05) is 20.0 Å². The van der Waals surface area contributed by atoms with Crippen LogP contribution in [0, 0.1) is 5.92 Å². The molecular weight excluding hydrogens is 310 g/mol. The molecule has 0 aliphatic rings. The van der Waals surface area contributed by atoms with Gasteiger partial charge in [0.2, 0.25) is 5.91 Å². The molecule has 7 nitrogen and oxygen atoms in total. The third kappa shape index (κ3) is 3.84. The number of amides is 1. The number of hydrogen-bond donors (Lipinski definition) is 2. The smallest absolute Gasteiger partial charge is 0.328 e. The lowest BCUT2D eigenvalue weighted by molar-refractivity contribution is -0.142. The van der Waals surface area contributed by atoms with Crippen molar-refractivity contribution in [3.8, 4) is 0 Å². The Bertz CT molecular complexity index is 804. The van der Waals surface area contributed by atoms with E-state index in [-0.39, 0.29) is 30.5 Å². The summed E-state index contributed by atoms with van der Waals surface area (Å²) in [5.74, 6) is -1.26. The van der Waals surface area contributed by atoms with Crippen molar-refractivity contribution < 1.29 is 14.7 Å². The number of fused-ring (bicyclic) bond motifs is 1. The fourth-order valence-electron chi connectivity index (χ4n) is 2.75. The average Bonchev–Trinajstić information content (AvgIpc) is 2.76. The third-order valence-corrected chi connectivity index (χ3v) is 3.95. The van der Waals surface area contributed by atoms with E-state index in [1.54, 1.807) is 7.05 Å². The highest BCUT2D eigenvalue weighted by Crippen LogP contribution is 2.12. The molecule has 2 aromatic rings. The molecule has 1 aromatic carbocycles.